The highest BCUT2D eigenvalue weighted by Crippen LogP contribution is 2.47. The van der Waals surface area contributed by atoms with Crippen molar-refractivity contribution in [2.24, 2.45) is 5.92 Å². The second-order valence-corrected chi connectivity index (χ2v) is 6.21. The highest BCUT2D eigenvalue weighted by molar-refractivity contribution is 5.17. The van der Waals surface area contributed by atoms with Gasteiger partial charge in [-0.1, -0.05) is 0 Å². The van der Waals surface area contributed by atoms with E-state index < -0.39 is 6.10 Å². The van der Waals surface area contributed by atoms with E-state index in [1.807, 2.05) is 27.7 Å². The molecule has 5 heteroatoms. The largest absolute Gasteiger partial charge is 0.481 e. The third-order valence-electron chi connectivity index (χ3n) is 3.70. The molecule has 19 heavy (non-hydrogen) atoms. The molecule has 1 fully saturated rings. The zero-order valence-corrected chi connectivity index (χ0v) is 12.2. The van der Waals surface area contributed by atoms with Gasteiger partial charge < -0.3 is 14.6 Å². The lowest BCUT2D eigenvalue weighted by molar-refractivity contribution is -0.0884. The fraction of sp³-hybridized carbons (Fsp3) is 0.714. The van der Waals surface area contributed by atoms with Crippen molar-refractivity contribution in [3.8, 4) is 5.88 Å². The molecule has 0 radical (unpaired) electrons. The first-order valence-electron chi connectivity index (χ1n) is 6.49. The number of methoxy groups -OCH3 is 1. The summed E-state index contributed by atoms with van der Waals surface area (Å²) in [5, 5.41) is 10.6. The number of nitrogens with zero attached hydrogens (tertiary/aromatic N) is 2. The molecule has 1 N–H and O–H groups in total. The van der Waals surface area contributed by atoms with Crippen molar-refractivity contribution in [3.05, 3.63) is 18.1 Å². The molecule has 0 aliphatic carbocycles. The Labute approximate surface area is 114 Å². The molecule has 5 nitrogen and oxygen atoms in total. The lowest BCUT2D eigenvalue weighted by Gasteiger charge is -2.30. The molecule has 1 saturated heterocycles. The van der Waals surface area contributed by atoms with Crippen molar-refractivity contribution in [2.75, 3.05) is 7.11 Å². The van der Waals surface area contributed by atoms with E-state index in [2.05, 4.69) is 9.97 Å². The van der Waals surface area contributed by atoms with Crippen molar-refractivity contribution < 1.29 is 14.6 Å². The van der Waals surface area contributed by atoms with Gasteiger partial charge in [0.25, 0.3) is 0 Å². The summed E-state index contributed by atoms with van der Waals surface area (Å²) in [5.74, 6) is 0.446. The molecule has 2 rings (SSSR count). The summed E-state index contributed by atoms with van der Waals surface area (Å²) in [6, 6.07) is 1.67. The van der Waals surface area contributed by atoms with Gasteiger partial charge in [0.1, 0.15) is 12.4 Å². The molecule has 1 aromatic rings. The number of aliphatic hydroxyl groups excluding tert-OH is 1. The highest BCUT2D eigenvalue weighted by Gasteiger charge is 2.49. The molecular formula is C14H22N2O3. The van der Waals surface area contributed by atoms with Crippen LogP contribution in [0.1, 0.15) is 45.9 Å². The normalized spacial score (nSPS) is 26.1. The van der Waals surface area contributed by atoms with Crippen LogP contribution in [0.2, 0.25) is 0 Å². The third kappa shape index (κ3) is 2.87. The van der Waals surface area contributed by atoms with E-state index >= 15 is 0 Å². The van der Waals surface area contributed by atoms with Gasteiger partial charge >= 0.3 is 0 Å². The zero-order chi connectivity index (χ0) is 14.3. The summed E-state index contributed by atoms with van der Waals surface area (Å²) in [6.45, 7) is 8.10. The van der Waals surface area contributed by atoms with Crippen LogP contribution in [-0.4, -0.2) is 33.4 Å². The van der Waals surface area contributed by atoms with Gasteiger partial charge in [-0.3, -0.25) is 0 Å². The fourth-order valence-corrected chi connectivity index (χ4v) is 2.93. The van der Waals surface area contributed by atoms with Crippen LogP contribution >= 0.6 is 0 Å². The first-order chi connectivity index (χ1) is 8.75. The number of rotatable bonds is 3. The Kier molecular flexibility index (Phi) is 3.53. The Morgan fingerprint density at radius 3 is 2.58 bits per heavy atom. The van der Waals surface area contributed by atoms with Crippen LogP contribution in [0.5, 0.6) is 5.88 Å². The van der Waals surface area contributed by atoms with Gasteiger partial charge in [0, 0.05) is 12.0 Å². The fourth-order valence-electron chi connectivity index (χ4n) is 2.93. The quantitative estimate of drug-likeness (QED) is 0.907. The highest BCUT2D eigenvalue weighted by atomic mass is 16.5. The Morgan fingerprint density at radius 1 is 1.37 bits per heavy atom. The molecule has 0 spiro atoms. The maximum Gasteiger partial charge on any atom is 0.216 e. The molecule has 1 aliphatic rings. The predicted octanol–water partition coefficient (Wildman–Crippen LogP) is 2.11. The van der Waals surface area contributed by atoms with E-state index in [0.29, 0.717) is 11.6 Å². The first kappa shape index (κ1) is 14.2. The molecule has 0 aromatic carbocycles. The second kappa shape index (κ2) is 4.72. The van der Waals surface area contributed by atoms with Gasteiger partial charge in [0.2, 0.25) is 5.88 Å². The molecule has 106 valence electrons. The van der Waals surface area contributed by atoms with Crippen LogP contribution in [0.15, 0.2) is 12.4 Å². The molecule has 0 bridgehead atoms. The molecular weight excluding hydrogens is 244 g/mol. The van der Waals surface area contributed by atoms with E-state index in [-0.39, 0.29) is 17.1 Å². The van der Waals surface area contributed by atoms with Crippen LogP contribution in [0.25, 0.3) is 0 Å². The maximum absolute atomic E-state index is 10.6. The van der Waals surface area contributed by atoms with Gasteiger partial charge in [-0.25, -0.2) is 9.97 Å². The average molecular weight is 266 g/mol. The summed E-state index contributed by atoms with van der Waals surface area (Å²) in [6.07, 6.45) is 1.51. The molecule has 0 saturated carbocycles. The number of ether oxygens (including phenoxy) is 2. The number of aliphatic hydroxyl groups is 1. The topological polar surface area (TPSA) is 64.5 Å². The van der Waals surface area contributed by atoms with Gasteiger partial charge in [0.05, 0.1) is 24.0 Å². The smallest absolute Gasteiger partial charge is 0.216 e. The minimum atomic E-state index is -0.686. The van der Waals surface area contributed by atoms with Crippen LogP contribution in [-0.2, 0) is 4.74 Å². The second-order valence-electron chi connectivity index (χ2n) is 6.21. The number of aromatic nitrogens is 2. The van der Waals surface area contributed by atoms with Crippen molar-refractivity contribution in [1.29, 1.82) is 0 Å². The zero-order valence-electron chi connectivity index (χ0n) is 12.2. The van der Waals surface area contributed by atoms with Gasteiger partial charge in [-0.05, 0) is 34.1 Å². The van der Waals surface area contributed by atoms with Crippen LogP contribution in [0.3, 0.4) is 0 Å². The summed E-state index contributed by atoms with van der Waals surface area (Å²) in [4.78, 5) is 8.10. The Balaban J connectivity index is 2.26. The Hall–Kier alpha value is -1.20. The summed E-state index contributed by atoms with van der Waals surface area (Å²) < 4.78 is 11.1. The SMILES string of the molecule is COc1cc(C(O)C2CC(C)(C)OC2(C)C)ncn1. The average Bonchev–Trinajstić information content (AvgIpc) is 2.56. The molecule has 0 amide bonds. The molecule has 2 atom stereocenters. The lowest BCUT2D eigenvalue weighted by Crippen LogP contribution is -2.33. The van der Waals surface area contributed by atoms with Crippen molar-refractivity contribution in [1.82, 2.24) is 9.97 Å². The first-order valence-corrected chi connectivity index (χ1v) is 6.49. The molecule has 1 aromatic heterocycles. The van der Waals surface area contributed by atoms with Gasteiger partial charge in [-0.2, -0.15) is 0 Å². The van der Waals surface area contributed by atoms with Gasteiger partial charge in [-0.15, -0.1) is 0 Å². The monoisotopic (exact) mass is 266 g/mol. The summed E-state index contributed by atoms with van der Waals surface area (Å²) in [5.41, 5.74) is -0.0425. The van der Waals surface area contributed by atoms with Crippen LogP contribution in [0.4, 0.5) is 0 Å². The van der Waals surface area contributed by atoms with E-state index in [1.165, 1.54) is 6.33 Å². The van der Waals surface area contributed by atoms with Crippen molar-refractivity contribution in [2.45, 2.75) is 51.4 Å². The summed E-state index contributed by atoms with van der Waals surface area (Å²) >= 11 is 0. The third-order valence-corrected chi connectivity index (χ3v) is 3.70. The lowest BCUT2D eigenvalue weighted by atomic mass is 9.82. The van der Waals surface area contributed by atoms with E-state index in [1.54, 1.807) is 13.2 Å². The van der Waals surface area contributed by atoms with E-state index in [9.17, 15) is 5.11 Å². The van der Waals surface area contributed by atoms with Gasteiger partial charge in [0.15, 0.2) is 0 Å². The van der Waals surface area contributed by atoms with Crippen molar-refractivity contribution >= 4 is 0 Å². The Bertz CT molecular complexity index is 460. The standard InChI is InChI=1S/C14H22N2O3/c1-13(2)7-9(14(3,4)19-13)12(17)10-6-11(18-5)16-8-15-10/h6,8-9,12,17H,7H2,1-5H3. The number of hydrogen-bond donors (Lipinski definition) is 1. The van der Waals surface area contributed by atoms with Crippen LogP contribution in [0, 0.1) is 5.92 Å². The molecule has 2 unspecified atom stereocenters. The molecule has 2 heterocycles. The van der Waals surface area contributed by atoms with E-state index in [4.69, 9.17) is 9.47 Å². The summed E-state index contributed by atoms with van der Waals surface area (Å²) in [7, 11) is 1.55. The minimum Gasteiger partial charge on any atom is -0.481 e. The van der Waals surface area contributed by atoms with Crippen molar-refractivity contribution in [3.63, 3.8) is 0 Å². The molecule has 1 aliphatic heterocycles. The minimum absolute atomic E-state index is 0.0119. The van der Waals surface area contributed by atoms with Crippen LogP contribution < -0.4 is 4.74 Å². The predicted molar refractivity (Wildman–Crippen MR) is 70.9 cm³/mol. The maximum atomic E-state index is 10.6. The Morgan fingerprint density at radius 2 is 2.05 bits per heavy atom. The van der Waals surface area contributed by atoms with E-state index in [0.717, 1.165) is 6.42 Å². The number of hydrogen-bond acceptors (Lipinski definition) is 5.